The average Bonchev–Trinajstić information content (AvgIpc) is 2.38. The molecule has 0 amide bonds. The van der Waals surface area contributed by atoms with Gasteiger partial charge in [0, 0.05) is 6.42 Å². The minimum Gasteiger partial charge on any atom is -0.299 e. The van der Waals surface area contributed by atoms with Crippen molar-refractivity contribution >= 4 is 31.8 Å². The molecule has 1 aromatic rings. The molecular weight excluding hydrogens is 332 g/mol. The normalized spacial score (nSPS) is 11.5. The summed E-state index contributed by atoms with van der Waals surface area (Å²) in [5.41, 5.74) is 0.993. The Bertz CT molecular complexity index is 508. The molecule has 0 aromatic heterocycles. The van der Waals surface area contributed by atoms with E-state index in [1.807, 2.05) is 6.92 Å². The van der Waals surface area contributed by atoms with Crippen molar-refractivity contribution in [2.75, 3.05) is 11.9 Å². The van der Waals surface area contributed by atoms with E-state index < -0.39 is 10.1 Å². The van der Waals surface area contributed by atoms with Gasteiger partial charge in [-0.25, -0.2) is 0 Å². The van der Waals surface area contributed by atoms with E-state index in [-0.39, 0.29) is 17.3 Å². The Morgan fingerprint density at radius 1 is 1.21 bits per heavy atom. The third-order valence-electron chi connectivity index (χ3n) is 2.55. The summed E-state index contributed by atoms with van der Waals surface area (Å²) in [4.78, 5) is 11.2. The van der Waals surface area contributed by atoms with E-state index in [0.717, 1.165) is 5.56 Å². The SMILES string of the molecule is Cc1ccc(S(=O)(=O)OCCCCC(=O)CBr)cc1. The predicted octanol–water partition coefficient (Wildman–Crippen LogP) is 2.83. The van der Waals surface area contributed by atoms with Gasteiger partial charge < -0.3 is 0 Å². The number of aryl methyl sites for hydroxylation is 1. The van der Waals surface area contributed by atoms with Crippen LogP contribution in [-0.4, -0.2) is 26.1 Å². The smallest absolute Gasteiger partial charge is 0.296 e. The van der Waals surface area contributed by atoms with Crippen LogP contribution in [0.3, 0.4) is 0 Å². The molecule has 0 saturated carbocycles. The fourth-order valence-corrected chi connectivity index (χ4v) is 2.66. The van der Waals surface area contributed by atoms with Gasteiger partial charge in [0.1, 0.15) is 5.78 Å². The number of ketones is 1. The second kappa shape index (κ2) is 7.77. The van der Waals surface area contributed by atoms with Crippen molar-refractivity contribution < 1.29 is 17.4 Å². The zero-order chi connectivity index (χ0) is 14.3. The fraction of sp³-hybridized carbons (Fsp3) is 0.462. The van der Waals surface area contributed by atoms with Gasteiger partial charge in [-0.05, 0) is 31.9 Å². The van der Waals surface area contributed by atoms with E-state index in [1.165, 1.54) is 12.1 Å². The van der Waals surface area contributed by atoms with Crippen molar-refractivity contribution in [3.63, 3.8) is 0 Å². The molecule has 106 valence electrons. The van der Waals surface area contributed by atoms with E-state index in [2.05, 4.69) is 15.9 Å². The van der Waals surface area contributed by atoms with Gasteiger partial charge >= 0.3 is 0 Å². The van der Waals surface area contributed by atoms with Gasteiger partial charge in [0.25, 0.3) is 10.1 Å². The Morgan fingerprint density at radius 3 is 2.42 bits per heavy atom. The molecule has 4 nitrogen and oxygen atoms in total. The third-order valence-corrected chi connectivity index (χ3v) is 4.50. The first-order valence-electron chi connectivity index (χ1n) is 5.99. The minimum atomic E-state index is -3.68. The summed E-state index contributed by atoms with van der Waals surface area (Å²) in [5.74, 6) is 0.112. The van der Waals surface area contributed by atoms with E-state index in [1.54, 1.807) is 12.1 Å². The highest BCUT2D eigenvalue weighted by Gasteiger charge is 2.14. The standard InChI is InChI=1S/C13H17BrO4S/c1-11-5-7-13(8-6-11)19(16,17)18-9-3-2-4-12(15)10-14/h5-8H,2-4,9-10H2,1H3. The molecule has 0 saturated heterocycles. The summed E-state index contributed by atoms with van der Waals surface area (Å²) in [6, 6.07) is 6.51. The molecule has 0 atom stereocenters. The molecule has 0 radical (unpaired) electrons. The summed E-state index contributed by atoms with van der Waals surface area (Å²) in [7, 11) is -3.68. The maximum atomic E-state index is 11.8. The second-order valence-corrected chi connectivity index (χ2v) is 6.39. The summed E-state index contributed by atoms with van der Waals surface area (Å²) < 4.78 is 28.5. The van der Waals surface area contributed by atoms with Crippen LogP contribution in [0.1, 0.15) is 24.8 Å². The molecule has 0 aliphatic rings. The first kappa shape index (κ1) is 16.3. The summed E-state index contributed by atoms with van der Waals surface area (Å²) in [6.07, 6.45) is 1.62. The van der Waals surface area contributed by atoms with Crippen LogP contribution in [0.25, 0.3) is 0 Å². The second-order valence-electron chi connectivity index (χ2n) is 4.22. The monoisotopic (exact) mass is 348 g/mol. The Kier molecular flexibility index (Phi) is 6.68. The summed E-state index contributed by atoms with van der Waals surface area (Å²) in [6.45, 7) is 1.99. The van der Waals surface area contributed by atoms with Crippen molar-refractivity contribution in [2.45, 2.75) is 31.1 Å². The van der Waals surface area contributed by atoms with Gasteiger partial charge in [-0.15, -0.1) is 0 Å². The van der Waals surface area contributed by atoms with Gasteiger partial charge in [-0.2, -0.15) is 8.42 Å². The Hall–Kier alpha value is -0.720. The summed E-state index contributed by atoms with van der Waals surface area (Å²) in [5, 5.41) is 0.343. The lowest BCUT2D eigenvalue weighted by Gasteiger charge is -2.05. The first-order chi connectivity index (χ1) is 8.95. The van der Waals surface area contributed by atoms with Crippen molar-refractivity contribution in [1.29, 1.82) is 0 Å². The molecule has 0 unspecified atom stereocenters. The fourth-order valence-electron chi connectivity index (χ4n) is 1.43. The molecule has 0 bridgehead atoms. The van der Waals surface area contributed by atoms with Crippen LogP contribution in [0.2, 0.25) is 0 Å². The van der Waals surface area contributed by atoms with E-state index in [9.17, 15) is 13.2 Å². The number of Topliss-reactive ketones (excluding diaryl/α,β-unsaturated/α-hetero) is 1. The summed E-state index contributed by atoms with van der Waals surface area (Å²) >= 11 is 3.08. The Balaban J connectivity index is 2.39. The molecule has 6 heteroatoms. The topological polar surface area (TPSA) is 60.4 Å². The van der Waals surface area contributed by atoms with E-state index >= 15 is 0 Å². The quantitative estimate of drug-likeness (QED) is 0.411. The van der Waals surface area contributed by atoms with Crippen LogP contribution in [0.4, 0.5) is 0 Å². The number of alkyl halides is 1. The molecular formula is C13H17BrO4S. The van der Waals surface area contributed by atoms with Gasteiger partial charge in [0.2, 0.25) is 0 Å². The predicted molar refractivity (Wildman–Crippen MR) is 77.0 cm³/mol. The molecule has 0 aliphatic carbocycles. The number of benzene rings is 1. The zero-order valence-electron chi connectivity index (χ0n) is 10.8. The molecule has 0 heterocycles. The number of hydrogen-bond donors (Lipinski definition) is 0. The first-order valence-corrected chi connectivity index (χ1v) is 8.52. The maximum absolute atomic E-state index is 11.8. The number of rotatable bonds is 8. The van der Waals surface area contributed by atoms with Crippen LogP contribution in [0.15, 0.2) is 29.2 Å². The average molecular weight is 349 g/mol. The van der Waals surface area contributed by atoms with Crippen LogP contribution in [-0.2, 0) is 19.1 Å². The minimum absolute atomic E-state index is 0.103. The highest BCUT2D eigenvalue weighted by atomic mass is 79.9. The highest BCUT2D eigenvalue weighted by Crippen LogP contribution is 2.13. The Labute approximate surface area is 122 Å². The largest absolute Gasteiger partial charge is 0.299 e. The molecule has 0 N–H and O–H groups in total. The molecule has 19 heavy (non-hydrogen) atoms. The van der Waals surface area contributed by atoms with Gasteiger partial charge in [-0.1, -0.05) is 33.6 Å². The molecule has 0 spiro atoms. The number of unbranched alkanes of at least 4 members (excludes halogenated alkanes) is 1. The lowest BCUT2D eigenvalue weighted by molar-refractivity contribution is -0.116. The number of hydrogen-bond acceptors (Lipinski definition) is 4. The van der Waals surface area contributed by atoms with Crippen LogP contribution in [0.5, 0.6) is 0 Å². The van der Waals surface area contributed by atoms with Gasteiger partial charge in [0.05, 0.1) is 16.8 Å². The highest BCUT2D eigenvalue weighted by molar-refractivity contribution is 9.09. The number of carbonyl (C=O) groups excluding carboxylic acids is 1. The molecule has 0 aliphatic heterocycles. The van der Waals surface area contributed by atoms with Crippen LogP contribution >= 0.6 is 15.9 Å². The van der Waals surface area contributed by atoms with E-state index in [4.69, 9.17) is 4.18 Å². The third kappa shape index (κ3) is 5.84. The number of halogens is 1. The van der Waals surface area contributed by atoms with Gasteiger partial charge in [0.15, 0.2) is 0 Å². The van der Waals surface area contributed by atoms with Crippen molar-refractivity contribution in [1.82, 2.24) is 0 Å². The molecule has 0 fully saturated rings. The molecule has 1 aromatic carbocycles. The van der Waals surface area contributed by atoms with Crippen LogP contribution in [0, 0.1) is 6.92 Å². The van der Waals surface area contributed by atoms with E-state index in [0.29, 0.717) is 24.6 Å². The lowest BCUT2D eigenvalue weighted by Crippen LogP contribution is -2.08. The van der Waals surface area contributed by atoms with Crippen molar-refractivity contribution in [3.05, 3.63) is 29.8 Å². The Morgan fingerprint density at radius 2 is 1.84 bits per heavy atom. The maximum Gasteiger partial charge on any atom is 0.296 e. The number of carbonyl (C=O) groups is 1. The lowest BCUT2D eigenvalue weighted by atomic mass is 10.2. The van der Waals surface area contributed by atoms with Crippen molar-refractivity contribution in [3.8, 4) is 0 Å². The van der Waals surface area contributed by atoms with Crippen LogP contribution < -0.4 is 0 Å². The molecule has 1 rings (SSSR count). The van der Waals surface area contributed by atoms with Gasteiger partial charge in [-0.3, -0.25) is 8.98 Å². The van der Waals surface area contributed by atoms with Crippen molar-refractivity contribution in [2.24, 2.45) is 0 Å². The zero-order valence-corrected chi connectivity index (χ0v) is 13.2.